The summed E-state index contributed by atoms with van der Waals surface area (Å²) in [7, 11) is 3.81. The molecule has 0 radical (unpaired) electrons. The van der Waals surface area contributed by atoms with E-state index >= 15 is 0 Å². The number of methoxy groups -OCH3 is 1. The summed E-state index contributed by atoms with van der Waals surface area (Å²) in [6.07, 6.45) is 4.34. The van der Waals surface area contributed by atoms with Crippen molar-refractivity contribution in [1.29, 1.82) is 0 Å². The number of aromatic nitrogens is 1. The monoisotopic (exact) mass is 1300 g/mol. The van der Waals surface area contributed by atoms with Crippen LogP contribution >= 0.6 is 22.9 Å². The van der Waals surface area contributed by atoms with Gasteiger partial charge in [-0.1, -0.05) is 68.8 Å². The zero-order valence-electron chi connectivity index (χ0n) is 55.3. The maximum Gasteiger partial charge on any atom is 0.246 e. The summed E-state index contributed by atoms with van der Waals surface area (Å²) < 4.78 is 34.9. The van der Waals surface area contributed by atoms with Gasteiger partial charge in [-0.15, -0.1) is 11.3 Å². The van der Waals surface area contributed by atoms with Gasteiger partial charge in [0.1, 0.15) is 17.1 Å². The minimum absolute atomic E-state index is 0.00517. The van der Waals surface area contributed by atoms with Crippen molar-refractivity contribution in [2.45, 2.75) is 136 Å². The lowest BCUT2D eigenvalue weighted by atomic mass is 9.84. The topological polar surface area (TPSA) is 197 Å². The van der Waals surface area contributed by atoms with E-state index in [1.54, 1.807) is 18.4 Å². The molecule has 5 atom stereocenters. The number of fused-ring (bicyclic) bond motifs is 1. The van der Waals surface area contributed by atoms with Gasteiger partial charge in [0, 0.05) is 105 Å². The van der Waals surface area contributed by atoms with E-state index in [1.165, 1.54) is 30.6 Å². The first-order chi connectivity index (χ1) is 44.2. The van der Waals surface area contributed by atoms with Crippen molar-refractivity contribution in [3.8, 4) is 22.1 Å². The Morgan fingerprint density at radius 3 is 2.05 bits per heavy atom. The number of nitrogens with one attached hydrogen (secondary N) is 2. The Labute approximate surface area is 553 Å². The summed E-state index contributed by atoms with van der Waals surface area (Å²) in [5.74, 6) is 0.791. The van der Waals surface area contributed by atoms with Crippen LogP contribution in [0.1, 0.15) is 120 Å². The zero-order valence-corrected chi connectivity index (χ0v) is 56.9. The summed E-state index contributed by atoms with van der Waals surface area (Å²) in [6, 6.07) is 26.2. The molecule has 0 spiro atoms. The van der Waals surface area contributed by atoms with Crippen LogP contribution in [-0.2, 0) is 44.5 Å². The third-order valence-electron chi connectivity index (χ3n) is 18.0. The molecule has 3 fully saturated rings. The number of amides is 4. The highest BCUT2D eigenvalue weighted by atomic mass is 35.5. The molecule has 500 valence electrons. The van der Waals surface area contributed by atoms with Crippen molar-refractivity contribution >= 4 is 57.9 Å². The first-order valence-corrected chi connectivity index (χ1v) is 34.1. The molecule has 19 nitrogen and oxygen atoms in total. The highest BCUT2D eigenvalue weighted by Crippen LogP contribution is 2.44. The van der Waals surface area contributed by atoms with E-state index in [2.05, 4.69) is 61.6 Å². The fourth-order valence-corrected chi connectivity index (χ4v) is 13.9. The molecule has 1 aromatic heterocycles. The number of ether oxygens (including phenoxy) is 6. The van der Waals surface area contributed by atoms with Crippen molar-refractivity contribution in [2.24, 2.45) is 11.3 Å². The van der Waals surface area contributed by atoms with Crippen molar-refractivity contribution in [3.05, 3.63) is 123 Å². The molecule has 1 saturated carbocycles. The first kappa shape index (κ1) is 70.1. The smallest absolute Gasteiger partial charge is 0.246 e. The summed E-state index contributed by atoms with van der Waals surface area (Å²) in [6.45, 7) is 22.8. The van der Waals surface area contributed by atoms with E-state index in [-0.39, 0.29) is 68.3 Å². The summed E-state index contributed by atoms with van der Waals surface area (Å²) >= 11 is 7.94. The number of hydrogen-bond donors (Lipinski definition) is 3. The van der Waals surface area contributed by atoms with Crippen LogP contribution in [0.3, 0.4) is 0 Å². The molecular formula is C71H97ClN8O11S. The maximum atomic E-state index is 14.1. The molecule has 1 aliphatic carbocycles. The van der Waals surface area contributed by atoms with Crippen molar-refractivity contribution in [1.82, 2.24) is 30.3 Å². The molecule has 0 unspecified atom stereocenters. The Morgan fingerprint density at radius 1 is 0.804 bits per heavy atom. The molecule has 4 aliphatic rings. The number of nitrogens with zero attached hydrogens (tertiary/aromatic N) is 6. The van der Waals surface area contributed by atoms with Gasteiger partial charge in [-0.2, -0.15) is 0 Å². The second kappa shape index (κ2) is 33.3. The molecule has 4 aromatic carbocycles. The summed E-state index contributed by atoms with van der Waals surface area (Å²) in [5, 5.41) is 20.2. The van der Waals surface area contributed by atoms with Crippen molar-refractivity contribution in [3.63, 3.8) is 0 Å². The van der Waals surface area contributed by atoms with Gasteiger partial charge in [0.05, 0.1) is 90.7 Å². The number of halogens is 1. The Morgan fingerprint density at radius 2 is 1.45 bits per heavy atom. The largest absolute Gasteiger partial charge is 0.493 e. The number of thiazole rings is 1. The van der Waals surface area contributed by atoms with Crippen LogP contribution < -0.4 is 29.9 Å². The number of aliphatic hydroxyl groups is 1. The SMILES string of the molecule is COc1cc2c(cc1OC(C)C)[C@H](c1ccc(Cl)cc1)N(c1ccc(N(C)CC3CCC(N4CCN(CCOCCOCCOCCOCCC(=O)N[C@H](C(=O)N5C[C@H](O)C[C@H]5C(=O)N[C@@H](C)c5ccc(-c6nc(C)cs6)cc5)C(C)(C)C)CC4)CC3)cc1)C(=O)C2. The minimum Gasteiger partial charge on any atom is -0.493 e. The van der Waals surface area contributed by atoms with E-state index in [0.29, 0.717) is 74.7 Å². The van der Waals surface area contributed by atoms with E-state index < -0.39 is 29.5 Å². The predicted molar refractivity (Wildman–Crippen MR) is 361 cm³/mol. The number of hydrogen-bond acceptors (Lipinski definition) is 16. The normalized spacial score (nSPS) is 20.4. The third kappa shape index (κ3) is 19.0. The second-order valence-electron chi connectivity index (χ2n) is 26.3. The zero-order chi connectivity index (χ0) is 65.5. The minimum atomic E-state index is -0.929. The molecule has 92 heavy (non-hydrogen) atoms. The Kier molecular flexibility index (Phi) is 25.4. The fraction of sp³-hybridized carbons (Fsp3) is 0.563. The lowest BCUT2D eigenvalue weighted by molar-refractivity contribution is -0.144. The highest BCUT2D eigenvalue weighted by molar-refractivity contribution is 7.13. The summed E-state index contributed by atoms with van der Waals surface area (Å²) in [4.78, 5) is 70.5. The molecule has 5 aromatic rings. The van der Waals surface area contributed by atoms with Crippen LogP contribution in [0, 0.1) is 18.3 Å². The molecule has 4 amide bonds. The Balaban J connectivity index is 0.595. The van der Waals surface area contributed by atoms with Gasteiger partial charge in [0.2, 0.25) is 23.6 Å². The van der Waals surface area contributed by atoms with E-state index in [9.17, 15) is 24.3 Å². The fourth-order valence-electron chi connectivity index (χ4n) is 13.0. The van der Waals surface area contributed by atoms with Gasteiger partial charge in [0.25, 0.3) is 0 Å². The average molecular weight is 1310 g/mol. The number of piperazine rings is 1. The predicted octanol–water partition coefficient (Wildman–Crippen LogP) is 9.69. The Hall–Kier alpha value is -6.20. The molecule has 2 saturated heterocycles. The number of carbonyl (C=O) groups excluding carboxylic acids is 4. The van der Waals surface area contributed by atoms with E-state index in [1.807, 2.05) is 119 Å². The number of rotatable bonds is 30. The van der Waals surface area contributed by atoms with Crippen LogP contribution in [0.5, 0.6) is 11.5 Å². The molecule has 4 heterocycles. The maximum absolute atomic E-state index is 14.1. The van der Waals surface area contributed by atoms with Crippen LogP contribution in [0.15, 0.2) is 90.3 Å². The van der Waals surface area contributed by atoms with Gasteiger partial charge in [0.15, 0.2) is 11.5 Å². The number of anilines is 2. The van der Waals surface area contributed by atoms with E-state index in [4.69, 9.17) is 40.0 Å². The second-order valence-corrected chi connectivity index (χ2v) is 27.6. The van der Waals surface area contributed by atoms with Crippen LogP contribution in [0.25, 0.3) is 10.6 Å². The molecule has 3 aliphatic heterocycles. The highest BCUT2D eigenvalue weighted by Gasteiger charge is 2.45. The van der Waals surface area contributed by atoms with Crippen LogP contribution in [-0.4, -0.2) is 192 Å². The molecule has 9 rings (SSSR count). The van der Waals surface area contributed by atoms with Gasteiger partial charge in [-0.25, -0.2) is 4.98 Å². The van der Waals surface area contributed by atoms with Gasteiger partial charge in [-0.05, 0) is 135 Å². The lowest BCUT2D eigenvalue weighted by Crippen LogP contribution is -2.58. The molecule has 3 N–H and O–H groups in total. The quantitative estimate of drug-likeness (QED) is 0.0367. The lowest BCUT2D eigenvalue weighted by Gasteiger charge is -2.42. The average Bonchev–Trinajstić information content (AvgIpc) is 1.29. The van der Waals surface area contributed by atoms with E-state index in [0.717, 1.165) is 89.2 Å². The molecule has 21 heteroatoms. The number of benzene rings is 4. The van der Waals surface area contributed by atoms with Gasteiger partial charge in [-0.3, -0.25) is 29.0 Å². The number of aryl methyl sites for hydroxylation is 1. The number of likely N-dealkylation sites (tertiary alicyclic amines) is 1. The summed E-state index contributed by atoms with van der Waals surface area (Å²) in [5.41, 5.74) is 7.06. The van der Waals surface area contributed by atoms with Crippen molar-refractivity contribution < 1.29 is 52.7 Å². The Bertz CT molecular complexity index is 3180. The molecule has 0 bridgehead atoms. The van der Waals surface area contributed by atoms with Crippen molar-refractivity contribution in [2.75, 3.05) is 123 Å². The van der Waals surface area contributed by atoms with Gasteiger partial charge >= 0.3 is 0 Å². The molecular weight excluding hydrogens is 1210 g/mol. The number of carbonyl (C=O) groups is 4. The standard InChI is InChI=1S/C71H97ClN8O11S/c1-47(2)91-63-43-60-54(40-62(63)86-9)41-65(83)80(66(60)52-16-18-55(72)19-17-52)58-24-22-56(23-25-58)76(8)44-50-10-20-57(21-11-50)78-29-27-77(28-30-78)31-33-88-35-37-90-39-38-89-36-34-87-32-26-64(82)75-67(71(5,6)7)70(85)79-45-59(81)42-61(79)68(84)74-49(4)51-12-14-53(15-13-51)69-73-48(3)46-92-69/h12-19,22-25,40,43,46-47,49-50,57,59,61,66-67,81H,10-11,20-21,26-39,41-42,44-45H2,1-9H3,(H,74,84)(H,75,82)/t49-,50?,57?,59+,61-,66-,67+/m0/s1. The van der Waals surface area contributed by atoms with Crippen LogP contribution in [0.4, 0.5) is 11.4 Å². The number of aliphatic hydroxyl groups excluding tert-OH is 1. The first-order valence-electron chi connectivity index (χ1n) is 32.9. The van der Waals surface area contributed by atoms with Gasteiger partial charge < -0.3 is 58.9 Å². The number of β-amino-alcohol motifs (C(OH)–C–C–N with tert-alkyl or cyclic N) is 1. The van der Waals surface area contributed by atoms with Crippen LogP contribution in [0.2, 0.25) is 5.02 Å². The third-order valence-corrected chi connectivity index (χ3v) is 19.3.